The van der Waals surface area contributed by atoms with E-state index in [-0.39, 0.29) is 37.5 Å². The number of aromatic nitrogens is 2. The molecule has 2 atom stereocenters. The van der Waals surface area contributed by atoms with E-state index in [1.807, 2.05) is 6.07 Å². The van der Waals surface area contributed by atoms with E-state index in [1.165, 1.54) is 12.1 Å². The lowest BCUT2D eigenvalue weighted by molar-refractivity contribution is -0.137. The summed E-state index contributed by atoms with van der Waals surface area (Å²) in [7, 11) is 1.80. The van der Waals surface area contributed by atoms with Crippen molar-refractivity contribution in [3.63, 3.8) is 0 Å². The zero-order chi connectivity index (χ0) is 17.1. The molecule has 7 heteroatoms. The van der Waals surface area contributed by atoms with E-state index in [0.717, 1.165) is 5.69 Å². The topological polar surface area (TPSA) is 67.6 Å². The molecule has 1 fully saturated rings. The van der Waals surface area contributed by atoms with Crippen LogP contribution in [0.15, 0.2) is 36.5 Å². The van der Waals surface area contributed by atoms with E-state index >= 15 is 0 Å². The molecule has 0 bridgehead atoms. The SMILES string of the molecule is Cn1nccc1COCC(=O)N1CC(O)CC1c1cccc(F)c1. The van der Waals surface area contributed by atoms with Crippen molar-refractivity contribution in [1.29, 1.82) is 0 Å². The monoisotopic (exact) mass is 333 g/mol. The maximum absolute atomic E-state index is 13.4. The van der Waals surface area contributed by atoms with E-state index < -0.39 is 6.10 Å². The van der Waals surface area contributed by atoms with Crippen LogP contribution in [-0.4, -0.2) is 44.9 Å². The largest absolute Gasteiger partial charge is 0.391 e. The number of likely N-dealkylation sites (tertiary alicyclic amines) is 1. The summed E-state index contributed by atoms with van der Waals surface area (Å²) in [6.45, 7) is 0.419. The molecule has 1 aliphatic heterocycles. The van der Waals surface area contributed by atoms with Crippen molar-refractivity contribution < 1.29 is 19.0 Å². The lowest BCUT2D eigenvalue weighted by Crippen LogP contribution is -2.34. The van der Waals surface area contributed by atoms with Crippen LogP contribution in [-0.2, 0) is 23.2 Å². The minimum atomic E-state index is -0.612. The van der Waals surface area contributed by atoms with Crippen molar-refractivity contribution in [2.75, 3.05) is 13.2 Å². The minimum absolute atomic E-state index is 0.0935. The van der Waals surface area contributed by atoms with Crippen molar-refractivity contribution in [3.05, 3.63) is 53.6 Å². The summed E-state index contributed by atoms with van der Waals surface area (Å²) in [5.41, 5.74) is 1.55. The highest BCUT2D eigenvalue weighted by Gasteiger charge is 2.35. The second kappa shape index (κ2) is 7.11. The first-order valence-electron chi connectivity index (χ1n) is 7.82. The first-order chi connectivity index (χ1) is 11.5. The predicted molar refractivity (Wildman–Crippen MR) is 84.3 cm³/mol. The Bertz CT molecular complexity index is 719. The predicted octanol–water partition coefficient (Wildman–Crippen LogP) is 1.41. The van der Waals surface area contributed by atoms with Crippen LogP contribution in [0.5, 0.6) is 0 Å². The number of rotatable bonds is 5. The number of ether oxygens (including phenoxy) is 1. The van der Waals surface area contributed by atoms with E-state index in [1.54, 1.807) is 35.0 Å². The Morgan fingerprint density at radius 2 is 2.29 bits per heavy atom. The van der Waals surface area contributed by atoms with Crippen LogP contribution in [0.25, 0.3) is 0 Å². The maximum Gasteiger partial charge on any atom is 0.249 e. The summed E-state index contributed by atoms with van der Waals surface area (Å²) >= 11 is 0. The fourth-order valence-electron chi connectivity index (χ4n) is 2.99. The van der Waals surface area contributed by atoms with Crippen LogP contribution in [0, 0.1) is 5.82 Å². The number of nitrogens with zero attached hydrogens (tertiary/aromatic N) is 3. The first-order valence-corrected chi connectivity index (χ1v) is 7.82. The number of benzene rings is 1. The molecule has 0 saturated carbocycles. The Labute approximate surface area is 139 Å². The molecule has 0 spiro atoms. The van der Waals surface area contributed by atoms with Gasteiger partial charge in [0.1, 0.15) is 12.4 Å². The van der Waals surface area contributed by atoms with Crippen molar-refractivity contribution in [1.82, 2.24) is 14.7 Å². The molecule has 0 radical (unpaired) electrons. The van der Waals surface area contributed by atoms with E-state index in [4.69, 9.17) is 4.74 Å². The number of carbonyl (C=O) groups excluding carboxylic acids is 1. The van der Waals surface area contributed by atoms with Gasteiger partial charge in [-0.2, -0.15) is 5.10 Å². The third-order valence-electron chi connectivity index (χ3n) is 4.23. The molecule has 1 saturated heterocycles. The zero-order valence-electron chi connectivity index (χ0n) is 13.4. The summed E-state index contributed by atoms with van der Waals surface area (Å²) in [6, 6.07) is 7.62. The smallest absolute Gasteiger partial charge is 0.249 e. The van der Waals surface area contributed by atoms with Gasteiger partial charge in [-0.3, -0.25) is 9.48 Å². The number of aliphatic hydroxyl groups is 1. The molecule has 2 heterocycles. The number of hydrogen-bond acceptors (Lipinski definition) is 4. The number of β-amino-alcohol motifs (C(OH)–C–C–N with tert-alkyl or cyclic N) is 1. The molecule has 1 aromatic heterocycles. The zero-order valence-corrected chi connectivity index (χ0v) is 13.4. The molecule has 2 unspecified atom stereocenters. The van der Waals surface area contributed by atoms with E-state index in [0.29, 0.717) is 12.0 Å². The average molecular weight is 333 g/mol. The van der Waals surface area contributed by atoms with Crippen LogP contribution in [0.4, 0.5) is 4.39 Å². The summed E-state index contributed by atoms with van der Waals surface area (Å²) in [5.74, 6) is -0.572. The van der Waals surface area contributed by atoms with Gasteiger partial charge in [0.25, 0.3) is 0 Å². The molecule has 2 aromatic rings. The minimum Gasteiger partial charge on any atom is -0.391 e. The molecule has 6 nitrogen and oxygen atoms in total. The molecule has 24 heavy (non-hydrogen) atoms. The molecular formula is C17H20FN3O3. The van der Waals surface area contributed by atoms with Gasteiger partial charge in [0.05, 0.1) is 24.4 Å². The number of aryl methyl sites for hydroxylation is 1. The van der Waals surface area contributed by atoms with Gasteiger partial charge in [0, 0.05) is 19.8 Å². The van der Waals surface area contributed by atoms with Gasteiger partial charge in [-0.05, 0) is 30.2 Å². The normalized spacial score (nSPS) is 20.5. The van der Waals surface area contributed by atoms with Crippen LogP contribution in [0.3, 0.4) is 0 Å². The van der Waals surface area contributed by atoms with Crippen molar-refractivity contribution in [2.45, 2.75) is 25.2 Å². The second-order valence-corrected chi connectivity index (χ2v) is 5.95. The number of halogens is 1. The standard InChI is InChI=1S/C17H20FN3O3/c1-20-14(5-6-19-20)10-24-11-17(23)21-9-15(22)8-16(21)12-3-2-4-13(18)7-12/h2-7,15-16,22H,8-11H2,1H3. The van der Waals surface area contributed by atoms with Gasteiger partial charge in [0.2, 0.25) is 5.91 Å². The summed E-state index contributed by atoms with van der Waals surface area (Å²) in [6.07, 6.45) is 1.45. The molecule has 1 aliphatic rings. The molecule has 0 aliphatic carbocycles. The fraction of sp³-hybridized carbons (Fsp3) is 0.412. The summed E-state index contributed by atoms with van der Waals surface area (Å²) in [5, 5.41) is 14.0. The second-order valence-electron chi connectivity index (χ2n) is 5.95. The number of aliphatic hydroxyl groups excluding tert-OH is 1. The van der Waals surface area contributed by atoms with Gasteiger partial charge in [0.15, 0.2) is 0 Å². The Hall–Kier alpha value is -2.25. The lowest BCUT2D eigenvalue weighted by Gasteiger charge is -2.24. The van der Waals surface area contributed by atoms with Gasteiger partial charge < -0.3 is 14.7 Å². The Kier molecular flexibility index (Phi) is 4.92. The highest BCUT2D eigenvalue weighted by Crippen LogP contribution is 2.32. The molecule has 1 aromatic carbocycles. The highest BCUT2D eigenvalue weighted by molar-refractivity contribution is 5.78. The summed E-state index contributed by atoms with van der Waals surface area (Å²) < 4.78 is 20.6. The van der Waals surface area contributed by atoms with Crippen molar-refractivity contribution >= 4 is 5.91 Å². The third-order valence-corrected chi connectivity index (χ3v) is 4.23. The molecular weight excluding hydrogens is 313 g/mol. The van der Waals surface area contributed by atoms with Crippen LogP contribution < -0.4 is 0 Å². The highest BCUT2D eigenvalue weighted by atomic mass is 19.1. The van der Waals surface area contributed by atoms with Gasteiger partial charge in [-0.1, -0.05) is 12.1 Å². The van der Waals surface area contributed by atoms with Crippen LogP contribution in [0.2, 0.25) is 0 Å². The number of hydrogen-bond donors (Lipinski definition) is 1. The van der Waals surface area contributed by atoms with Gasteiger partial charge in [-0.25, -0.2) is 4.39 Å². The molecule has 1 amide bonds. The first kappa shape index (κ1) is 16.6. The van der Waals surface area contributed by atoms with Crippen molar-refractivity contribution in [2.24, 2.45) is 7.05 Å². The Morgan fingerprint density at radius 3 is 3.00 bits per heavy atom. The van der Waals surface area contributed by atoms with Gasteiger partial charge in [-0.15, -0.1) is 0 Å². The van der Waals surface area contributed by atoms with Crippen LogP contribution >= 0.6 is 0 Å². The molecule has 3 rings (SSSR count). The van der Waals surface area contributed by atoms with Crippen LogP contribution in [0.1, 0.15) is 23.7 Å². The quantitative estimate of drug-likeness (QED) is 0.898. The fourth-order valence-corrected chi connectivity index (χ4v) is 2.99. The number of carbonyl (C=O) groups is 1. The summed E-state index contributed by atoms with van der Waals surface area (Å²) in [4.78, 5) is 14.0. The lowest BCUT2D eigenvalue weighted by atomic mass is 10.0. The average Bonchev–Trinajstić information content (AvgIpc) is 3.13. The maximum atomic E-state index is 13.4. The van der Waals surface area contributed by atoms with Gasteiger partial charge >= 0.3 is 0 Å². The van der Waals surface area contributed by atoms with E-state index in [2.05, 4.69) is 5.10 Å². The Balaban J connectivity index is 1.63. The van der Waals surface area contributed by atoms with E-state index in [9.17, 15) is 14.3 Å². The molecule has 128 valence electrons. The van der Waals surface area contributed by atoms with Crippen molar-refractivity contribution in [3.8, 4) is 0 Å². The Morgan fingerprint density at radius 1 is 1.46 bits per heavy atom. The third kappa shape index (κ3) is 3.63. The molecule has 1 N–H and O–H groups in total. The number of amides is 1.